The van der Waals surface area contributed by atoms with Gasteiger partial charge in [0.25, 0.3) is 5.91 Å². The largest absolute Gasteiger partial charge is 0.347 e. The standard InChI is InChI=1S/C12H12Cl2N2O2/c1-16-6-8(5-11(16)17)15-12(18)7-2-3-9(13)10(14)4-7/h2-4,8H,5-6H2,1H3,(H,15,18). The first-order valence-corrected chi connectivity index (χ1v) is 6.23. The number of likely N-dealkylation sites (tertiary alicyclic amines) is 1. The predicted molar refractivity (Wildman–Crippen MR) is 70.0 cm³/mol. The van der Waals surface area contributed by atoms with Crippen molar-refractivity contribution in [2.75, 3.05) is 13.6 Å². The third-order valence-electron chi connectivity index (χ3n) is 2.86. The molecule has 1 aromatic rings. The molecule has 2 rings (SSSR count). The normalized spacial score (nSPS) is 19.2. The molecule has 0 bridgehead atoms. The van der Waals surface area contributed by atoms with E-state index in [-0.39, 0.29) is 17.9 Å². The van der Waals surface area contributed by atoms with Crippen molar-refractivity contribution in [2.45, 2.75) is 12.5 Å². The van der Waals surface area contributed by atoms with Gasteiger partial charge in [0.15, 0.2) is 0 Å². The second kappa shape index (κ2) is 5.16. The molecule has 0 spiro atoms. The van der Waals surface area contributed by atoms with E-state index in [0.717, 1.165) is 0 Å². The Morgan fingerprint density at radius 1 is 1.39 bits per heavy atom. The summed E-state index contributed by atoms with van der Waals surface area (Å²) in [6.07, 6.45) is 0.337. The number of nitrogens with zero attached hydrogens (tertiary/aromatic N) is 1. The molecule has 6 heteroatoms. The number of hydrogen-bond donors (Lipinski definition) is 1. The van der Waals surface area contributed by atoms with Crippen molar-refractivity contribution in [3.8, 4) is 0 Å². The molecular formula is C12H12Cl2N2O2. The predicted octanol–water partition coefficient (Wildman–Crippen LogP) is 1.95. The average molecular weight is 287 g/mol. The first-order valence-electron chi connectivity index (χ1n) is 5.47. The zero-order chi connectivity index (χ0) is 13.3. The Bertz CT molecular complexity index is 505. The number of benzene rings is 1. The molecule has 0 saturated carbocycles. The maximum Gasteiger partial charge on any atom is 0.251 e. The number of halogens is 2. The SMILES string of the molecule is CN1CC(NC(=O)c2ccc(Cl)c(Cl)c2)CC1=O. The first-order chi connectivity index (χ1) is 8.47. The van der Waals surface area contributed by atoms with Gasteiger partial charge in [-0.1, -0.05) is 23.2 Å². The number of likely N-dealkylation sites (N-methyl/N-ethyl adjacent to an activating group) is 1. The van der Waals surface area contributed by atoms with Crippen LogP contribution in [0, 0.1) is 0 Å². The van der Waals surface area contributed by atoms with E-state index in [2.05, 4.69) is 5.32 Å². The molecule has 1 aliphatic heterocycles. The van der Waals surface area contributed by atoms with Gasteiger partial charge < -0.3 is 10.2 Å². The summed E-state index contributed by atoms with van der Waals surface area (Å²) >= 11 is 11.6. The molecule has 0 aromatic heterocycles. The lowest BCUT2D eigenvalue weighted by Crippen LogP contribution is -2.36. The molecule has 0 aliphatic carbocycles. The average Bonchev–Trinajstić information content (AvgIpc) is 2.61. The van der Waals surface area contributed by atoms with Gasteiger partial charge in [0, 0.05) is 25.6 Å². The Morgan fingerprint density at radius 2 is 2.11 bits per heavy atom. The smallest absolute Gasteiger partial charge is 0.251 e. The molecule has 1 saturated heterocycles. The summed E-state index contributed by atoms with van der Waals surface area (Å²) in [6.45, 7) is 0.534. The van der Waals surface area contributed by atoms with Crippen molar-refractivity contribution >= 4 is 35.0 Å². The van der Waals surface area contributed by atoms with Crippen LogP contribution in [-0.2, 0) is 4.79 Å². The van der Waals surface area contributed by atoms with E-state index in [1.54, 1.807) is 24.1 Å². The topological polar surface area (TPSA) is 49.4 Å². The Kier molecular flexibility index (Phi) is 3.78. The number of amides is 2. The quantitative estimate of drug-likeness (QED) is 0.904. The highest BCUT2D eigenvalue weighted by molar-refractivity contribution is 6.42. The fraction of sp³-hybridized carbons (Fsp3) is 0.333. The number of rotatable bonds is 2. The van der Waals surface area contributed by atoms with E-state index in [4.69, 9.17) is 23.2 Å². The van der Waals surface area contributed by atoms with Crippen LogP contribution in [-0.4, -0.2) is 36.3 Å². The van der Waals surface area contributed by atoms with E-state index in [1.807, 2.05) is 0 Å². The van der Waals surface area contributed by atoms with Crippen LogP contribution < -0.4 is 5.32 Å². The molecule has 1 aliphatic rings. The lowest BCUT2D eigenvalue weighted by molar-refractivity contribution is -0.126. The summed E-state index contributed by atoms with van der Waals surface area (Å²) in [7, 11) is 1.72. The highest BCUT2D eigenvalue weighted by Gasteiger charge is 2.28. The summed E-state index contributed by atoms with van der Waals surface area (Å²) in [5.74, 6) is -0.212. The fourth-order valence-corrected chi connectivity index (χ4v) is 2.16. The maximum absolute atomic E-state index is 11.9. The van der Waals surface area contributed by atoms with Crippen molar-refractivity contribution in [2.24, 2.45) is 0 Å². The van der Waals surface area contributed by atoms with E-state index in [0.29, 0.717) is 28.6 Å². The van der Waals surface area contributed by atoms with Gasteiger partial charge in [-0.3, -0.25) is 9.59 Å². The first kappa shape index (κ1) is 13.2. The Balaban J connectivity index is 2.04. The molecule has 0 radical (unpaired) electrons. The number of carbonyl (C=O) groups is 2. The Morgan fingerprint density at radius 3 is 2.67 bits per heavy atom. The van der Waals surface area contributed by atoms with Gasteiger partial charge in [-0.25, -0.2) is 0 Å². The molecule has 18 heavy (non-hydrogen) atoms. The van der Waals surface area contributed by atoms with Crippen LogP contribution in [0.25, 0.3) is 0 Å². The minimum absolute atomic E-state index is 0.0365. The summed E-state index contributed by atoms with van der Waals surface area (Å²) in [5.41, 5.74) is 0.436. The van der Waals surface area contributed by atoms with Crippen LogP contribution in [0.4, 0.5) is 0 Å². The molecule has 1 aromatic carbocycles. The molecular weight excluding hydrogens is 275 g/mol. The lowest BCUT2D eigenvalue weighted by Gasteiger charge is -2.12. The van der Waals surface area contributed by atoms with Crippen molar-refractivity contribution in [1.29, 1.82) is 0 Å². The van der Waals surface area contributed by atoms with Crippen molar-refractivity contribution in [1.82, 2.24) is 10.2 Å². The van der Waals surface area contributed by atoms with Gasteiger partial charge in [0.05, 0.1) is 16.1 Å². The highest BCUT2D eigenvalue weighted by Crippen LogP contribution is 2.22. The minimum atomic E-state index is -0.248. The zero-order valence-electron chi connectivity index (χ0n) is 9.74. The van der Waals surface area contributed by atoms with Gasteiger partial charge in [-0.15, -0.1) is 0 Å². The maximum atomic E-state index is 11.9. The number of nitrogens with one attached hydrogen (secondary N) is 1. The molecule has 2 amide bonds. The van der Waals surface area contributed by atoms with Crippen molar-refractivity contribution in [3.63, 3.8) is 0 Å². The summed E-state index contributed by atoms with van der Waals surface area (Å²) in [4.78, 5) is 24.9. The molecule has 1 heterocycles. The van der Waals surface area contributed by atoms with Crippen LogP contribution in [0.2, 0.25) is 10.0 Å². The minimum Gasteiger partial charge on any atom is -0.347 e. The molecule has 1 unspecified atom stereocenters. The lowest BCUT2D eigenvalue weighted by atomic mass is 10.2. The van der Waals surface area contributed by atoms with Gasteiger partial charge >= 0.3 is 0 Å². The van der Waals surface area contributed by atoms with E-state index in [9.17, 15) is 9.59 Å². The molecule has 96 valence electrons. The van der Waals surface area contributed by atoms with Crippen LogP contribution in [0.1, 0.15) is 16.8 Å². The van der Waals surface area contributed by atoms with Crippen LogP contribution >= 0.6 is 23.2 Å². The van der Waals surface area contributed by atoms with Crippen LogP contribution in [0.5, 0.6) is 0 Å². The number of carbonyl (C=O) groups excluding carboxylic acids is 2. The molecule has 1 atom stereocenters. The monoisotopic (exact) mass is 286 g/mol. The van der Waals surface area contributed by atoms with Gasteiger partial charge in [0.1, 0.15) is 0 Å². The number of hydrogen-bond acceptors (Lipinski definition) is 2. The highest BCUT2D eigenvalue weighted by atomic mass is 35.5. The van der Waals surface area contributed by atoms with Crippen molar-refractivity contribution in [3.05, 3.63) is 33.8 Å². The van der Waals surface area contributed by atoms with Gasteiger partial charge in [-0.2, -0.15) is 0 Å². The summed E-state index contributed by atoms with van der Waals surface area (Å²) in [6, 6.07) is 4.54. The molecule has 4 nitrogen and oxygen atoms in total. The third kappa shape index (κ3) is 2.76. The van der Waals surface area contributed by atoms with Crippen LogP contribution in [0.15, 0.2) is 18.2 Å². The Labute approximate surface area is 115 Å². The summed E-state index contributed by atoms with van der Waals surface area (Å²) in [5, 5.41) is 3.54. The molecule has 1 fully saturated rings. The second-order valence-electron chi connectivity index (χ2n) is 4.28. The van der Waals surface area contributed by atoms with E-state index < -0.39 is 0 Å². The second-order valence-corrected chi connectivity index (χ2v) is 5.09. The molecule has 1 N–H and O–H groups in total. The van der Waals surface area contributed by atoms with E-state index in [1.165, 1.54) is 6.07 Å². The van der Waals surface area contributed by atoms with E-state index >= 15 is 0 Å². The van der Waals surface area contributed by atoms with Gasteiger partial charge in [0.2, 0.25) is 5.91 Å². The fourth-order valence-electron chi connectivity index (χ4n) is 1.87. The zero-order valence-corrected chi connectivity index (χ0v) is 11.3. The van der Waals surface area contributed by atoms with Crippen LogP contribution in [0.3, 0.4) is 0 Å². The van der Waals surface area contributed by atoms with Crippen molar-refractivity contribution < 1.29 is 9.59 Å². The third-order valence-corrected chi connectivity index (χ3v) is 3.60. The summed E-state index contributed by atoms with van der Waals surface area (Å²) < 4.78 is 0. The Hall–Kier alpha value is -1.26. The van der Waals surface area contributed by atoms with Gasteiger partial charge in [-0.05, 0) is 18.2 Å².